The smallest absolute Gasteiger partial charge is 0.248 e. The summed E-state index contributed by atoms with van der Waals surface area (Å²) in [5.41, 5.74) is 0.385. The largest absolute Gasteiger partial charge is 0.382 e. The lowest BCUT2D eigenvalue weighted by molar-refractivity contribution is -0.122. The van der Waals surface area contributed by atoms with Crippen LogP contribution in [0.5, 0.6) is 0 Å². The molecule has 9 heteroatoms. The van der Waals surface area contributed by atoms with E-state index < -0.39 is 10.0 Å². The number of amides is 1. The SMILES string of the molecule is CCOCCCNC(=O)CC1CCN(S(=O)(=O)c2c(C)noc2C)CC1. The Kier molecular flexibility index (Phi) is 7.60. The number of carbonyl (C=O) groups is 1. The summed E-state index contributed by atoms with van der Waals surface area (Å²) in [6.07, 6.45) is 2.59. The molecule has 1 amide bonds. The number of hydrogen-bond donors (Lipinski definition) is 1. The zero-order chi connectivity index (χ0) is 19.2. The van der Waals surface area contributed by atoms with Crippen molar-refractivity contribution in [3.8, 4) is 0 Å². The summed E-state index contributed by atoms with van der Waals surface area (Å²) in [4.78, 5) is 12.2. The Balaban J connectivity index is 1.79. The van der Waals surface area contributed by atoms with Gasteiger partial charge in [0, 0.05) is 39.3 Å². The van der Waals surface area contributed by atoms with Gasteiger partial charge in [-0.3, -0.25) is 4.79 Å². The zero-order valence-corrected chi connectivity index (χ0v) is 16.6. The summed E-state index contributed by atoms with van der Waals surface area (Å²) in [5, 5.41) is 6.63. The van der Waals surface area contributed by atoms with Crippen molar-refractivity contribution < 1.29 is 22.5 Å². The third kappa shape index (κ3) is 5.28. The van der Waals surface area contributed by atoms with Crippen molar-refractivity contribution in [2.45, 2.75) is 51.3 Å². The fourth-order valence-corrected chi connectivity index (χ4v) is 4.97. The molecule has 0 aromatic carbocycles. The fraction of sp³-hybridized carbons (Fsp3) is 0.765. The first-order chi connectivity index (χ1) is 12.4. The number of aromatic nitrogens is 1. The van der Waals surface area contributed by atoms with E-state index in [1.807, 2.05) is 6.92 Å². The van der Waals surface area contributed by atoms with Crippen LogP contribution in [0.15, 0.2) is 9.42 Å². The van der Waals surface area contributed by atoms with Crippen molar-refractivity contribution in [2.24, 2.45) is 5.92 Å². The second-order valence-electron chi connectivity index (χ2n) is 6.61. The molecule has 0 atom stereocenters. The molecule has 0 bridgehead atoms. The number of aryl methyl sites for hydroxylation is 2. The number of nitrogens with zero attached hydrogens (tertiary/aromatic N) is 2. The predicted octanol–water partition coefficient (Wildman–Crippen LogP) is 1.63. The van der Waals surface area contributed by atoms with Crippen molar-refractivity contribution in [3.63, 3.8) is 0 Å². The average Bonchev–Trinajstić information content (AvgIpc) is 2.94. The van der Waals surface area contributed by atoms with E-state index in [9.17, 15) is 13.2 Å². The number of ether oxygens (including phenoxy) is 1. The van der Waals surface area contributed by atoms with E-state index in [0.717, 1.165) is 6.42 Å². The fourth-order valence-electron chi connectivity index (χ4n) is 3.21. The first-order valence-electron chi connectivity index (χ1n) is 9.13. The Bertz CT molecular complexity index is 674. The van der Waals surface area contributed by atoms with Gasteiger partial charge in [-0.2, -0.15) is 4.31 Å². The molecule has 1 aliphatic heterocycles. The monoisotopic (exact) mass is 387 g/mol. The van der Waals surface area contributed by atoms with Crippen LogP contribution in [0.1, 0.15) is 44.1 Å². The summed E-state index contributed by atoms with van der Waals surface area (Å²) in [6.45, 7) is 7.94. The van der Waals surface area contributed by atoms with E-state index in [4.69, 9.17) is 9.26 Å². The summed E-state index contributed by atoms with van der Waals surface area (Å²) in [6, 6.07) is 0. The highest BCUT2D eigenvalue weighted by Gasteiger charge is 2.34. The average molecular weight is 388 g/mol. The normalized spacial score (nSPS) is 16.7. The molecule has 0 radical (unpaired) electrons. The van der Waals surface area contributed by atoms with Crippen LogP contribution in [-0.2, 0) is 19.6 Å². The van der Waals surface area contributed by atoms with E-state index >= 15 is 0 Å². The minimum absolute atomic E-state index is 0.0218. The quantitative estimate of drug-likeness (QED) is 0.646. The second kappa shape index (κ2) is 9.48. The van der Waals surface area contributed by atoms with Gasteiger partial charge >= 0.3 is 0 Å². The highest BCUT2D eigenvalue weighted by Crippen LogP contribution is 2.28. The number of rotatable bonds is 9. The van der Waals surface area contributed by atoms with Gasteiger partial charge in [-0.15, -0.1) is 0 Å². The molecule has 1 fully saturated rings. The molecule has 2 heterocycles. The Labute approximate surface area is 155 Å². The highest BCUT2D eigenvalue weighted by molar-refractivity contribution is 7.89. The number of carbonyl (C=O) groups excluding carboxylic acids is 1. The van der Waals surface area contributed by atoms with Crippen molar-refractivity contribution in [3.05, 3.63) is 11.5 Å². The zero-order valence-electron chi connectivity index (χ0n) is 15.8. The summed E-state index contributed by atoms with van der Waals surface area (Å²) >= 11 is 0. The van der Waals surface area contributed by atoms with Gasteiger partial charge in [-0.25, -0.2) is 8.42 Å². The van der Waals surface area contributed by atoms with E-state index in [1.54, 1.807) is 13.8 Å². The Morgan fingerprint density at radius 1 is 1.35 bits per heavy atom. The third-order valence-electron chi connectivity index (χ3n) is 4.61. The van der Waals surface area contributed by atoms with Crippen LogP contribution >= 0.6 is 0 Å². The highest BCUT2D eigenvalue weighted by atomic mass is 32.2. The van der Waals surface area contributed by atoms with E-state index in [1.165, 1.54) is 4.31 Å². The van der Waals surface area contributed by atoms with Crippen molar-refractivity contribution >= 4 is 15.9 Å². The summed E-state index contributed by atoms with van der Waals surface area (Å²) < 4.78 is 37.3. The van der Waals surface area contributed by atoms with Crippen molar-refractivity contribution in [2.75, 3.05) is 32.8 Å². The van der Waals surface area contributed by atoms with E-state index in [-0.39, 0.29) is 16.7 Å². The molecule has 0 unspecified atom stereocenters. The van der Waals surface area contributed by atoms with Crippen molar-refractivity contribution in [1.29, 1.82) is 0 Å². The van der Waals surface area contributed by atoms with E-state index in [2.05, 4.69) is 10.5 Å². The van der Waals surface area contributed by atoms with Crippen LogP contribution in [0.25, 0.3) is 0 Å². The standard InChI is InChI=1S/C17H29N3O5S/c1-4-24-11-5-8-18-16(21)12-15-6-9-20(10-7-15)26(22,23)17-13(2)19-25-14(17)3/h15H,4-12H2,1-3H3,(H,18,21). The summed E-state index contributed by atoms with van der Waals surface area (Å²) in [7, 11) is -3.59. The number of piperidine rings is 1. The lowest BCUT2D eigenvalue weighted by atomic mass is 9.94. The van der Waals surface area contributed by atoms with Gasteiger partial charge in [0.15, 0.2) is 5.76 Å². The van der Waals surface area contributed by atoms with Crippen LogP contribution in [-0.4, -0.2) is 56.6 Å². The minimum atomic E-state index is -3.59. The molecule has 148 valence electrons. The number of nitrogens with one attached hydrogen (secondary N) is 1. The van der Waals surface area contributed by atoms with Crippen LogP contribution in [0.4, 0.5) is 0 Å². The second-order valence-corrected chi connectivity index (χ2v) is 8.48. The Morgan fingerprint density at radius 2 is 2.04 bits per heavy atom. The van der Waals surface area contributed by atoms with Crippen molar-refractivity contribution in [1.82, 2.24) is 14.8 Å². The van der Waals surface area contributed by atoms with Gasteiger partial charge in [0.05, 0.1) is 0 Å². The molecule has 0 aliphatic carbocycles. The van der Waals surface area contributed by atoms with Gasteiger partial charge in [-0.05, 0) is 46.0 Å². The molecule has 0 saturated carbocycles. The summed E-state index contributed by atoms with van der Waals surface area (Å²) in [5.74, 6) is 0.544. The molecule has 1 aliphatic rings. The molecule has 8 nitrogen and oxygen atoms in total. The molecular formula is C17H29N3O5S. The van der Waals surface area contributed by atoms with Gasteiger partial charge in [0.1, 0.15) is 10.6 Å². The van der Waals surface area contributed by atoms with Gasteiger partial charge < -0.3 is 14.6 Å². The van der Waals surface area contributed by atoms with Crippen LogP contribution in [0.2, 0.25) is 0 Å². The maximum Gasteiger partial charge on any atom is 0.248 e. The topological polar surface area (TPSA) is 102 Å². The molecule has 1 N–H and O–H groups in total. The third-order valence-corrected chi connectivity index (χ3v) is 6.75. The predicted molar refractivity (Wildman–Crippen MR) is 96.2 cm³/mol. The lowest BCUT2D eigenvalue weighted by Gasteiger charge is -2.30. The molecule has 1 aromatic rings. The van der Waals surface area contributed by atoms with Gasteiger partial charge in [-0.1, -0.05) is 5.16 Å². The van der Waals surface area contributed by atoms with Crippen LogP contribution in [0, 0.1) is 19.8 Å². The number of hydrogen-bond acceptors (Lipinski definition) is 6. The van der Waals surface area contributed by atoms with E-state index in [0.29, 0.717) is 63.6 Å². The molecule has 1 aromatic heterocycles. The first kappa shape index (κ1) is 20.9. The molecular weight excluding hydrogens is 358 g/mol. The Hall–Kier alpha value is -1.45. The number of sulfonamides is 1. The maximum atomic E-state index is 12.8. The molecule has 0 spiro atoms. The Morgan fingerprint density at radius 3 is 2.62 bits per heavy atom. The molecule has 2 rings (SSSR count). The van der Waals surface area contributed by atoms with Crippen LogP contribution in [0.3, 0.4) is 0 Å². The van der Waals surface area contributed by atoms with Gasteiger partial charge in [0.2, 0.25) is 15.9 Å². The molecule has 1 saturated heterocycles. The first-order valence-corrected chi connectivity index (χ1v) is 10.6. The van der Waals surface area contributed by atoms with Gasteiger partial charge in [0.25, 0.3) is 0 Å². The molecule has 26 heavy (non-hydrogen) atoms. The minimum Gasteiger partial charge on any atom is -0.382 e. The van der Waals surface area contributed by atoms with Crippen LogP contribution < -0.4 is 5.32 Å². The maximum absolute atomic E-state index is 12.8. The lowest BCUT2D eigenvalue weighted by Crippen LogP contribution is -2.40.